The van der Waals surface area contributed by atoms with Crippen molar-refractivity contribution >= 4 is 34.2 Å². The number of hydrogen-bond acceptors (Lipinski definition) is 3. The van der Waals surface area contributed by atoms with E-state index in [-0.39, 0.29) is 12.4 Å². The maximum atomic E-state index is 13.5. The molecule has 2 heterocycles. The summed E-state index contributed by atoms with van der Waals surface area (Å²) >= 11 is 1.84. The van der Waals surface area contributed by atoms with Crippen molar-refractivity contribution in [1.29, 1.82) is 0 Å². The minimum atomic E-state index is -2.79. The Morgan fingerprint density at radius 1 is 1.44 bits per heavy atom. The number of benzene rings is 1. The van der Waals surface area contributed by atoms with Crippen LogP contribution in [-0.2, 0) is 0 Å². The van der Waals surface area contributed by atoms with Crippen molar-refractivity contribution in [2.45, 2.75) is 18.4 Å². The summed E-state index contributed by atoms with van der Waals surface area (Å²) in [6.07, 6.45) is -0.308. The smallest absolute Gasteiger partial charge is 0.267 e. The van der Waals surface area contributed by atoms with Crippen molar-refractivity contribution in [3.8, 4) is 0 Å². The molecule has 0 saturated carbocycles. The van der Waals surface area contributed by atoms with Crippen molar-refractivity contribution in [3.05, 3.63) is 27.1 Å². The normalized spacial score (nSPS) is 24.6. The third-order valence-corrected chi connectivity index (χ3v) is 4.05. The molecule has 0 unspecified atom stereocenters. The Balaban J connectivity index is 2.14. The molecule has 18 heavy (non-hydrogen) atoms. The monoisotopic (exact) mass is 367 g/mol. The van der Waals surface area contributed by atoms with Gasteiger partial charge in [-0.05, 0) is 28.7 Å². The molecule has 1 saturated heterocycles. The van der Waals surface area contributed by atoms with Crippen LogP contribution in [0.1, 0.15) is 18.0 Å². The Hall–Kier alpha value is -0.990. The molecule has 3 rings (SSSR count). The zero-order chi connectivity index (χ0) is 13.1. The Morgan fingerprint density at radius 2 is 2.17 bits per heavy atom. The van der Waals surface area contributed by atoms with Crippen molar-refractivity contribution in [2.24, 2.45) is 10.7 Å². The van der Waals surface area contributed by atoms with E-state index in [2.05, 4.69) is 4.99 Å². The van der Waals surface area contributed by atoms with Gasteiger partial charge in [0.25, 0.3) is 5.92 Å². The average Bonchev–Trinajstić information content (AvgIpc) is 2.58. The number of rotatable bonds is 0. The highest BCUT2D eigenvalue weighted by atomic mass is 127. The van der Waals surface area contributed by atoms with Gasteiger partial charge in [-0.3, -0.25) is 0 Å². The molecule has 0 bridgehead atoms. The van der Waals surface area contributed by atoms with Crippen LogP contribution >= 0.6 is 22.6 Å². The first-order valence-electron chi connectivity index (χ1n) is 5.35. The number of fused-ring (bicyclic) bond motifs is 3. The second-order valence-electron chi connectivity index (χ2n) is 4.50. The van der Waals surface area contributed by atoms with Crippen LogP contribution in [0, 0.1) is 9.39 Å². The first kappa shape index (κ1) is 12.1. The molecular weight excluding hydrogens is 358 g/mol. The molecule has 2 aliphatic rings. The Bertz CT molecular complexity index is 559. The highest BCUT2D eigenvalue weighted by Gasteiger charge is 2.48. The maximum Gasteiger partial charge on any atom is 0.267 e. The number of guanidine groups is 1. The van der Waals surface area contributed by atoms with Crippen molar-refractivity contribution < 1.29 is 13.2 Å². The number of aliphatic imine (C=N–C) groups is 1. The topological polar surface area (TPSA) is 41.6 Å². The van der Waals surface area contributed by atoms with Gasteiger partial charge in [0.1, 0.15) is 5.82 Å². The van der Waals surface area contributed by atoms with Gasteiger partial charge in [0.15, 0.2) is 5.96 Å². The minimum Gasteiger partial charge on any atom is -0.369 e. The fourth-order valence-electron chi connectivity index (χ4n) is 2.44. The van der Waals surface area contributed by atoms with E-state index < -0.39 is 24.3 Å². The first-order valence-corrected chi connectivity index (χ1v) is 6.43. The number of nitrogens with zero attached hydrogens (tertiary/aromatic N) is 2. The lowest BCUT2D eigenvalue weighted by molar-refractivity contribution is 0.0165. The standard InChI is InChI=1S/C11H9F3IN3/c12-6-2-8-5(1-7(6)15)9-3-11(13,14)4-18(9)10(16)17-8/h1-2,9H,3-4H2,(H2,16,17)/t9-/m0/s1. The molecule has 96 valence electrons. The number of alkyl halides is 2. The van der Waals surface area contributed by atoms with Crippen LogP contribution < -0.4 is 5.73 Å². The largest absolute Gasteiger partial charge is 0.369 e. The zero-order valence-electron chi connectivity index (χ0n) is 9.13. The van der Waals surface area contributed by atoms with E-state index in [1.807, 2.05) is 22.6 Å². The van der Waals surface area contributed by atoms with E-state index in [9.17, 15) is 13.2 Å². The molecule has 1 aromatic rings. The van der Waals surface area contributed by atoms with E-state index >= 15 is 0 Å². The molecule has 0 aromatic heterocycles. The van der Waals surface area contributed by atoms with Gasteiger partial charge in [-0.2, -0.15) is 0 Å². The zero-order valence-corrected chi connectivity index (χ0v) is 11.3. The summed E-state index contributed by atoms with van der Waals surface area (Å²) < 4.78 is 40.8. The lowest BCUT2D eigenvalue weighted by Crippen LogP contribution is -2.40. The molecule has 0 amide bonds. The Morgan fingerprint density at radius 3 is 2.89 bits per heavy atom. The minimum absolute atomic E-state index is 0.0327. The van der Waals surface area contributed by atoms with Crippen LogP contribution in [0.25, 0.3) is 0 Å². The number of hydrogen-bond donors (Lipinski definition) is 1. The predicted molar refractivity (Wildman–Crippen MR) is 69.4 cm³/mol. The summed E-state index contributed by atoms with van der Waals surface area (Å²) in [5, 5.41) is 0. The molecule has 1 fully saturated rings. The van der Waals surface area contributed by atoms with E-state index in [0.717, 1.165) is 0 Å². The molecule has 2 aliphatic heterocycles. The summed E-state index contributed by atoms with van der Waals surface area (Å²) in [4.78, 5) is 5.38. The van der Waals surface area contributed by atoms with Crippen molar-refractivity contribution in [2.75, 3.05) is 6.54 Å². The fraction of sp³-hybridized carbons (Fsp3) is 0.364. The molecule has 0 aliphatic carbocycles. The molecule has 1 aromatic carbocycles. The van der Waals surface area contributed by atoms with Gasteiger partial charge in [-0.15, -0.1) is 0 Å². The number of nitrogens with two attached hydrogens (primary N) is 1. The molecule has 0 spiro atoms. The summed E-state index contributed by atoms with van der Waals surface area (Å²) in [6.45, 7) is -0.430. The Kier molecular flexibility index (Phi) is 2.51. The summed E-state index contributed by atoms with van der Waals surface area (Å²) in [6, 6.07) is 2.31. The van der Waals surface area contributed by atoms with Crippen molar-refractivity contribution in [3.63, 3.8) is 0 Å². The van der Waals surface area contributed by atoms with Crippen molar-refractivity contribution in [1.82, 2.24) is 4.90 Å². The van der Waals surface area contributed by atoms with Gasteiger partial charge >= 0.3 is 0 Å². The van der Waals surface area contributed by atoms with Crippen LogP contribution in [0.15, 0.2) is 17.1 Å². The molecule has 1 atom stereocenters. The lowest BCUT2D eigenvalue weighted by atomic mass is 10.0. The summed E-state index contributed by atoms with van der Waals surface area (Å²) in [5.74, 6) is -3.17. The van der Waals surface area contributed by atoms with Gasteiger partial charge in [-0.1, -0.05) is 0 Å². The van der Waals surface area contributed by atoms with E-state index in [4.69, 9.17) is 5.73 Å². The predicted octanol–water partition coefficient (Wildman–Crippen LogP) is 2.77. The van der Waals surface area contributed by atoms with Gasteiger partial charge in [0.05, 0.1) is 18.3 Å². The van der Waals surface area contributed by atoms with E-state index in [1.165, 1.54) is 11.0 Å². The molecular formula is C11H9F3IN3. The van der Waals surface area contributed by atoms with E-state index in [0.29, 0.717) is 14.8 Å². The highest BCUT2D eigenvalue weighted by Crippen LogP contribution is 2.46. The molecule has 2 N–H and O–H groups in total. The highest BCUT2D eigenvalue weighted by molar-refractivity contribution is 14.1. The van der Waals surface area contributed by atoms with Crippen LogP contribution in [0.3, 0.4) is 0 Å². The molecule has 7 heteroatoms. The van der Waals surface area contributed by atoms with Crippen LogP contribution in [-0.4, -0.2) is 23.3 Å². The lowest BCUT2D eigenvalue weighted by Gasteiger charge is -2.30. The maximum absolute atomic E-state index is 13.5. The quantitative estimate of drug-likeness (QED) is 0.717. The van der Waals surface area contributed by atoms with E-state index in [1.54, 1.807) is 6.07 Å². The van der Waals surface area contributed by atoms with Gasteiger partial charge in [0.2, 0.25) is 0 Å². The number of halogens is 4. The molecule has 0 radical (unpaired) electrons. The average molecular weight is 367 g/mol. The fourth-order valence-corrected chi connectivity index (χ4v) is 2.93. The summed E-state index contributed by atoms with van der Waals surface area (Å²) in [5.41, 5.74) is 6.63. The summed E-state index contributed by atoms with van der Waals surface area (Å²) in [7, 11) is 0. The third-order valence-electron chi connectivity index (χ3n) is 3.23. The third kappa shape index (κ3) is 1.75. The van der Waals surface area contributed by atoms with Gasteiger partial charge in [-0.25, -0.2) is 18.2 Å². The molecule has 3 nitrogen and oxygen atoms in total. The van der Waals surface area contributed by atoms with Crippen LogP contribution in [0.2, 0.25) is 0 Å². The van der Waals surface area contributed by atoms with Crippen LogP contribution in [0.4, 0.5) is 18.9 Å². The van der Waals surface area contributed by atoms with Crippen LogP contribution in [0.5, 0.6) is 0 Å². The SMILES string of the molecule is NC1=Nc2cc(F)c(I)cc2[C@@H]2CC(F)(F)CN12. The van der Waals surface area contributed by atoms with Gasteiger partial charge < -0.3 is 10.6 Å². The van der Waals surface area contributed by atoms with Gasteiger partial charge in [0, 0.05) is 21.6 Å². The Labute approximate surface area is 115 Å². The first-order chi connectivity index (χ1) is 8.37. The second kappa shape index (κ2) is 3.75. The second-order valence-corrected chi connectivity index (χ2v) is 5.66.